The number of aliphatic imine (C=N–C) groups is 1. The summed E-state index contributed by atoms with van der Waals surface area (Å²) in [4.78, 5) is 28.1. The molecule has 1 aliphatic rings. The van der Waals surface area contributed by atoms with Gasteiger partial charge in [0.2, 0.25) is 5.90 Å². The molecule has 3 rings (SSSR count). The van der Waals surface area contributed by atoms with Crippen molar-refractivity contribution in [2.75, 3.05) is 7.11 Å². The number of esters is 2. The SMILES string of the molecule is CCC(=O)Oc1ccccc1/C=C1\N=C(c2cc(Cl)ccc2OC)OC1=O. The third kappa shape index (κ3) is 4.17. The topological polar surface area (TPSA) is 74.2 Å². The Morgan fingerprint density at radius 2 is 2.00 bits per heavy atom. The molecule has 0 aliphatic carbocycles. The van der Waals surface area contributed by atoms with Crippen molar-refractivity contribution >= 4 is 35.5 Å². The van der Waals surface area contributed by atoms with Crippen molar-refractivity contribution in [3.63, 3.8) is 0 Å². The molecule has 0 saturated heterocycles. The number of ether oxygens (including phenoxy) is 3. The van der Waals surface area contributed by atoms with Gasteiger partial charge < -0.3 is 14.2 Å². The first-order valence-electron chi connectivity index (χ1n) is 8.18. The van der Waals surface area contributed by atoms with Gasteiger partial charge in [0.05, 0.1) is 12.7 Å². The number of hydrogen-bond acceptors (Lipinski definition) is 6. The molecular weight excluding hydrogens is 370 g/mol. The van der Waals surface area contributed by atoms with E-state index in [-0.39, 0.29) is 24.0 Å². The van der Waals surface area contributed by atoms with Crippen LogP contribution in [0.4, 0.5) is 0 Å². The number of carbonyl (C=O) groups excluding carboxylic acids is 2. The zero-order valence-electron chi connectivity index (χ0n) is 14.7. The second kappa shape index (κ2) is 8.05. The molecule has 27 heavy (non-hydrogen) atoms. The summed E-state index contributed by atoms with van der Waals surface area (Å²) in [6, 6.07) is 11.8. The number of nitrogens with zero attached hydrogens (tertiary/aromatic N) is 1. The van der Waals surface area contributed by atoms with E-state index in [1.807, 2.05) is 0 Å². The van der Waals surface area contributed by atoms with Crippen molar-refractivity contribution < 1.29 is 23.8 Å². The summed E-state index contributed by atoms with van der Waals surface area (Å²) in [5.41, 5.74) is 1.08. The van der Waals surface area contributed by atoms with Gasteiger partial charge in [0.15, 0.2) is 5.70 Å². The van der Waals surface area contributed by atoms with Gasteiger partial charge in [0, 0.05) is 17.0 Å². The average molecular weight is 386 g/mol. The zero-order chi connectivity index (χ0) is 19.4. The molecule has 7 heteroatoms. The number of para-hydroxylation sites is 1. The summed E-state index contributed by atoms with van der Waals surface area (Å²) in [5, 5.41) is 0.457. The molecule has 0 fully saturated rings. The molecule has 138 valence electrons. The monoisotopic (exact) mass is 385 g/mol. The molecule has 0 aromatic heterocycles. The predicted octanol–water partition coefficient (Wildman–Crippen LogP) is 4.01. The van der Waals surface area contributed by atoms with Gasteiger partial charge in [0.1, 0.15) is 11.5 Å². The number of halogens is 1. The van der Waals surface area contributed by atoms with Crippen molar-refractivity contribution in [2.24, 2.45) is 4.99 Å². The zero-order valence-corrected chi connectivity index (χ0v) is 15.4. The molecular formula is C20H16ClNO5. The minimum Gasteiger partial charge on any atom is -0.496 e. The fraction of sp³-hybridized carbons (Fsp3) is 0.150. The maximum Gasteiger partial charge on any atom is 0.363 e. The summed E-state index contributed by atoms with van der Waals surface area (Å²) < 4.78 is 15.8. The molecule has 0 radical (unpaired) electrons. The Balaban J connectivity index is 1.98. The van der Waals surface area contributed by atoms with Crippen molar-refractivity contribution in [2.45, 2.75) is 13.3 Å². The van der Waals surface area contributed by atoms with E-state index >= 15 is 0 Å². The first-order valence-corrected chi connectivity index (χ1v) is 8.55. The molecule has 2 aromatic rings. The van der Waals surface area contributed by atoms with Crippen molar-refractivity contribution in [1.29, 1.82) is 0 Å². The van der Waals surface area contributed by atoms with E-state index in [9.17, 15) is 9.59 Å². The van der Waals surface area contributed by atoms with Crippen LogP contribution in [0.3, 0.4) is 0 Å². The lowest BCUT2D eigenvalue weighted by Gasteiger charge is -2.07. The number of rotatable bonds is 5. The van der Waals surface area contributed by atoms with Crippen LogP contribution in [0.2, 0.25) is 5.02 Å². The quantitative estimate of drug-likeness (QED) is 0.441. The molecule has 0 amide bonds. The fourth-order valence-corrected chi connectivity index (χ4v) is 2.58. The molecule has 1 aliphatic heterocycles. The number of benzene rings is 2. The molecule has 2 aromatic carbocycles. The summed E-state index contributed by atoms with van der Waals surface area (Å²) in [5.74, 6) is -0.0851. The third-order valence-corrected chi connectivity index (χ3v) is 3.97. The van der Waals surface area contributed by atoms with Crippen LogP contribution in [0, 0.1) is 0 Å². The standard InChI is InChI=1S/C20H16ClNO5/c1-3-18(23)26-16-7-5-4-6-12(16)10-15-20(24)27-19(22-15)14-11-13(21)8-9-17(14)25-2/h4-11H,3H2,1-2H3/b15-10-. The maximum absolute atomic E-state index is 12.2. The molecule has 0 spiro atoms. The number of carbonyl (C=O) groups is 2. The van der Waals surface area contributed by atoms with Gasteiger partial charge in [-0.25, -0.2) is 9.79 Å². The van der Waals surface area contributed by atoms with Crippen molar-refractivity contribution in [1.82, 2.24) is 0 Å². The van der Waals surface area contributed by atoms with Crippen LogP contribution < -0.4 is 9.47 Å². The highest BCUT2D eigenvalue weighted by molar-refractivity contribution is 6.31. The van der Waals surface area contributed by atoms with Gasteiger partial charge in [-0.05, 0) is 30.3 Å². The molecule has 6 nitrogen and oxygen atoms in total. The smallest absolute Gasteiger partial charge is 0.363 e. The Hall–Kier alpha value is -3.12. The van der Waals surface area contributed by atoms with Gasteiger partial charge in [-0.2, -0.15) is 0 Å². The van der Waals surface area contributed by atoms with Gasteiger partial charge in [0.25, 0.3) is 0 Å². The number of hydrogen-bond donors (Lipinski definition) is 0. The first-order chi connectivity index (χ1) is 13.0. The highest BCUT2D eigenvalue weighted by Crippen LogP contribution is 2.29. The Bertz CT molecular complexity index is 965. The van der Waals surface area contributed by atoms with Crippen LogP contribution in [0.1, 0.15) is 24.5 Å². The Labute approximate surface area is 161 Å². The van der Waals surface area contributed by atoms with Crippen molar-refractivity contribution in [3.8, 4) is 11.5 Å². The molecule has 0 saturated carbocycles. The number of methoxy groups -OCH3 is 1. The summed E-state index contributed by atoms with van der Waals surface area (Å²) >= 11 is 6.02. The van der Waals surface area contributed by atoms with E-state index in [1.54, 1.807) is 49.4 Å². The van der Waals surface area contributed by atoms with Crippen LogP contribution >= 0.6 is 11.6 Å². The van der Waals surface area contributed by atoms with Crippen LogP contribution in [-0.2, 0) is 14.3 Å². The summed E-state index contributed by atoms with van der Waals surface area (Å²) in [6.07, 6.45) is 1.74. The minimum atomic E-state index is -0.622. The van der Waals surface area contributed by atoms with Crippen LogP contribution in [0.15, 0.2) is 53.2 Å². The van der Waals surface area contributed by atoms with Gasteiger partial charge in [-0.15, -0.1) is 0 Å². The molecule has 0 unspecified atom stereocenters. The van der Waals surface area contributed by atoms with Crippen LogP contribution in [-0.4, -0.2) is 24.9 Å². The second-order valence-corrected chi connectivity index (χ2v) is 5.98. The van der Waals surface area contributed by atoms with Gasteiger partial charge in [-0.1, -0.05) is 36.7 Å². The van der Waals surface area contributed by atoms with E-state index in [0.29, 0.717) is 27.6 Å². The normalized spacial score (nSPS) is 14.7. The highest BCUT2D eigenvalue weighted by Gasteiger charge is 2.27. The summed E-state index contributed by atoms with van der Waals surface area (Å²) in [7, 11) is 1.50. The highest BCUT2D eigenvalue weighted by atomic mass is 35.5. The van der Waals surface area contributed by atoms with E-state index in [4.69, 9.17) is 25.8 Å². The van der Waals surface area contributed by atoms with Gasteiger partial charge in [-0.3, -0.25) is 4.79 Å². The Morgan fingerprint density at radius 3 is 2.74 bits per heavy atom. The Kier molecular flexibility index (Phi) is 5.57. The van der Waals surface area contributed by atoms with E-state index < -0.39 is 5.97 Å². The minimum absolute atomic E-state index is 0.0760. The largest absolute Gasteiger partial charge is 0.496 e. The van der Waals surface area contributed by atoms with Crippen molar-refractivity contribution in [3.05, 3.63) is 64.3 Å². The van der Waals surface area contributed by atoms with Crippen LogP contribution in [0.5, 0.6) is 11.5 Å². The predicted molar refractivity (Wildman–Crippen MR) is 101 cm³/mol. The molecule has 0 atom stereocenters. The van der Waals surface area contributed by atoms with E-state index in [1.165, 1.54) is 13.2 Å². The first kappa shape index (κ1) is 18.7. The maximum atomic E-state index is 12.2. The third-order valence-electron chi connectivity index (χ3n) is 3.74. The van der Waals surface area contributed by atoms with E-state index in [0.717, 1.165) is 0 Å². The molecule has 1 heterocycles. The van der Waals surface area contributed by atoms with Crippen LogP contribution in [0.25, 0.3) is 6.08 Å². The lowest BCUT2D eigenvalue weighted by molar-refractivity contribution is -0.134. The second-order valence-electron chi connectivity index (χ2n) is 5.55. The average Bonchev–Trinajstić information content (AvgIpc) is 3.03. The number of cyclic esters (lactones) is 1. The molecule has 0 N–H and O–H groups in total. The lowest BCUT2D eigenvalue weighted by atomic mass is 10.1. The molecule has 0 bridgehead atoms. The lowest BCUT2D eigenvalue weighted by Crippen LogP contribution is -2.07. The van der Waals surface area contributed by atoms with E-state index in [2.05, 4.69) is 4.99 Å². The fourth-order valence-electron chi connectivity index (χ4n) is 2.41. The summed E-state index contributed by atoms with van der Waals surface area (Å²) in [6.45, 7) is 1.70. The Morgan fingerprint density at radius 1 is 1.22 bits per heavy atom. The van der Waals surface area contributed by atoms with Gasteiger partial charge >= 0.3 is 11.9 Å².